The first-order valence-corrected chi connectivity index (χ1v) is 10.5. The first-order valence-electron chi connectivity index (χ1n) is 8.70. The number of halogens is 2. The lowest BCUT2D eigenvalue weighted by molar-refractivity contribution is -0.113. The van der Waals surface area contributed by atoms with Crippen LogP contribution in [0.1, 0.15) is 0 Å². The van der Waals surface area contributed by atoms with E-state index in [1.54, 1.807) is 30.3 Å². The number of nitrogens with one attached hydrogen (secondary N) is 2. The molecule has 0 saturated heterocycles. The normalized spacial score (nSPS) is 10.9. The van der Waals surface area contributed by atoms with Crippen molar-refractivity contribution in [3.05, 3.63) is 64.9 Å². The van der Waals surface area contributed by atoms with E-state index in [1.807, 2.05) is 12.1 Å². The van der Waals surface area contributed by atoms with Gasteiger partial charge in [-0.25, -0.2) is 9.07 Å². The van der Waals surface area contributed by atoms with E-state index in [-0.39, 0.29) is 17.5 Å². The molecule has 0 spiro atoms. The van der Waals surface area contributed by atoms with E-state index in [2.05, 4.69) is 41.6 Å². The van der Waals surface area contributed by atoms with Crippen LogP contribution in [0.5, 0.6) is 0 Å². The number of nitrogen functional groups attached to an aromatic ring is 1. The zero-order valence-electron chi connectivity index (χ0n) is 15.3. The Morgan fingerprint density at radius 2 is 1.90 bits per heavy atom. The van der Waals surface area contributed by atoms with Gasteiger partial charge in [0.05, 0.1) is 11.4 Å². The fraction of sp³-hybridized carbons (Fsp3) is 0.0526. The fourth-order valence-electron chi connectivity index (χ4n) is 2.62. The van der Waals surface area contributed by atoms with Gasteiger partial charge in [0.25, 0.3) is 0 Å². The van der Waals surface area contributed by atoms with Crippen molar-refractivity contribution in [3.8, 4) is 22.8 Å². The Balaban J connectivity index is 1.42. The molecule has 4 rings (SSSR count). The third kappa shape index (κ3) is 4.52. The smallest absolute Gasteiger partial charge is 0.234 e. The summed E-state index contributed by atoms with van der Waals surface area (Å²) in [6, 6.07) is 15.0. The van der Waals surface area contributed by atoms with Crippen molar-refractivity contribution >= 4 is 39.3 Å². The molecule has 0 radical (unpaired) electrons. The van der Waals surface area contributed by atoms with Gasteiger partial charge in [0.2, 0.25) is 16.9 Å². The molecule has 30 heavy (non-hydrogen) atoms. The molecule has 2 aromatic carbocycles. The number of nitrogens with zero attached hydrogens (tertiary/aromatic N) is 4. The summed E-state index contributed by atoms with van der Waals surface area (Å²) in [6.07, 6.45) is 0. The van der Waals surface area contributed by atoms with Crippen LogP contribution in [0.4, 0.5) is 10.1 Å². The molecule has 8 nitrogen and oxygen atoms in total. The maximum absolute atomic E-state index is 13.1. The Morgan fingerprint density at radius 3 is 2.63 bits per heavy atom. The van der Waals surface area contributed by atoms with E-state index in [1.165, 1.54) is 16.8 Å². The maximum atomic E-state index is 13.1. The Hall–Kier alpha value is -3.18. The number of thioether (sulfide) groups is 1. The topological polar surface area (TPSA) is 115 Å². The highest BCUT2D eigenvalue weighted by Gasteiger charge is 2.16. The van der Waals surface area contributed by atoms with E-state index >= 15 is 0 Å². The third-order valence-corrected chi connectivity index (χ3v) is 5.56. The van der Waals surface area contributed by atoms with Crippen molar-refractivity contribution in [1.29, 1.82) is 0 Å². The predicted octanol–water partition coefficient (Wildman–Crippen LogP) is 3.68. The first-order chi connectivity index (χ1) is 14.5. The summed E-state index contributed by atoms with van der Waals surface area (Å²) in [6.45, 7) is 0. The average Bonchev–Trinajstić information content (AvgIpc) is 3.35. The zero-order valence-corrected chi connectivity index (χ0v) is 17.7. The minimum absolute atomic E-state index is 0.120. The van der Waals surface area contributed by atoms with Gasteiger partial charge in [-0.2, -0.15) is 5.10 Å². The number of aromatic nitrogens is 5. The number of hydrogen-bond donors (Lipinski definition) is 3. The van der Waals surface area contributed by atoms with E-state index in [0.29, 0.717) is 28.1 Å². The van der Waals surface area contributed by atoms with Crippen LogP contribution in [0.15, 0.2) is 64.2 Å². The van der Waals surface area contributed by atoms with Gasteiger partial charge in [-0.15, -0.1) is 10.2 Å². The quantitative estimate of drug-likeness (QED) is 0.282. The summed E-state index contributed by atoms with van der Waals surface area (Å²) in [7, 11) is 0. The number of benzene rings is 2. The molecule has 0 aliphatic carbocycles. The van der Waals surface area contributed by atoms with Crippen molar-refractivity contribution in [3.63, 3.8) is 0 Å². The standard InChI is InChI=1S/C19H15BrFN7OS/c20-12-3-7-14(8-4-12)23-17(29)10-30-19-27-26-18(28(19)22)16-9-15(24-25-16)11-1-5-13(21)6-2-11/h1-9H,10,22H2,(H,23,29)(H,24,25). The van der Waals surface area contributed by atoms with Crippen LogP contribution in [0, 0.1) is 5.82 Å². The molecular weight excluding hydrogens is 473 g/mol. The van der Waals surface area contributed by atoms with E-state index in [9.17, 15) is 9.18 Å². The molecule has 2 heterocycles. The highest BCUT2D eigenvalue weighted by atomic mass is 79.9. The molecule has 152 valence electrons. The van der Waals surface area contributed by atoms with Crippen LogP contribution in [0.25, 0.3) is 22.8 Å². The van der Waals surface area contributed by atoms with Gasteiger partial charge in [-0.1, -0.05) is 27.7 Å². The summed E-state index contributed by atoms with van der Waals surface area (Å²) < 4.78 is 15.3. The van der Waals surface area contributed by atoms with Crippen molar-refractivity contribution in [1.82, 2.24) is 25.1 Å². The molecule has 1 amide bonds. The molecule has 11 heteroatoms. The molecule has 2 aromatic heterocycles. The van der Waals surface area contributed by atoms with Crippen LogP contribution in [0.3, 0.4) is 0 Å². The number of aromatic amines is 1. The van der Waals surface area contributed by atoms with Crippen LogP contribution in [-0.4, -0.2) is 36.7 Å². The molecule has 4 N–H and O–H groups in total. The molecule has 0 aliphatic rings. The molecule has 0 aliphatic heterocycles. The zero-order chi connectivity index (χ0) is 21.1. The lowest BCUT2D eigenvalue weighted by Crippen LogP contribution is -2.16. The number of carbonyl (C=O) groups is 1. The Kier molecular flexibility index (Phi) is 5.81. The van der Waals surface area contributed by atoms with E-state index in [4.69, 9.17) is 5.84 Å². The number of nitrogens with two attached hydrogens (primary N) is 1. The van der Waals surface area contributed by atoms with Crippen molar-refractivity contribution in [2.45, 2.75) is 5.16 Å². The Morgan fingerprint density at radius 1 is 1.17 bits per heavy atom. The molecule has 0 saturated carbocycles. The van der Waals surface area contributed by atoms with Crippen molar-refractivity contribution < 1.29 is 9.18 Å². The molecule has 0 unspecified atom stereocenters. The van der Waals surface area contributed by atoms with Gasteiger partial charge in [0, 0.05) is 15.7 Å². The number of anilines is 1. The molecule has 0 atom stereocenters. The number of H-pyrrole nitrogens is 1. The molecule has 4 aromatic rings. The average molecular weight is 488 g/mol. The van der Waals surface area contributed by atoms with Gasteiger partial charge < -0.3 is 11.2 Å². The number of rotatable bonds is 6. The second kappa shape index (κ2) is 8.67. The highest BCUT2D eigenvalue weighted by Crippen LogP contribution is 2.25. The summed E-state index contributed by atoms with van der Waals surface area (Å²) in [5.74, 6) is 6.08. The highest BCUT2D eigenvalue weighted by molar-refractivity contribution is 9.10. The third-order valence-electron chi connectivity index (χ3n) is 4.08. The van der Waals surface area contributed by atoms with Gasteiger partial charge in [0.1, 0.15) is 11.5 Å². The Bertz CT molecular complexity index is 1170. The van der Waals surface area contributed by atoms with Crippen molar-refractivity contribution in [2.24, 2.45) is 0 Å². The lowest BCUT2D eigenvalue weighted by Gasteiger charge is -2.05. The van der Waals surface area contributed by atoms with Crippen molar-refractivity contribution in [2.75, 3.05) is 16.9 Å². The minimum atomic E-state index is -0.318. The van der Waals surface area contributed by atoms with Crippen LogP contribution < -0.4 is 11.2 Å². The minimum Gasteiger partial charge on any atom is -0.335 e. The first kappa shape index (κ1) is 20.1. The number of hydrogen-bond acceptors (Lipinski definition) is 6. The van der Waals surface area contributed by atoms with Gasteiger partial charge in [-0.3, -0.25) is 9.89 Å². The molecule has 0 bridgehead atoms. The fourth-order valence-corrected chi connectivity index (χ4v) is 3.55. The number of amides is 1. The van der Waals surface area contributed by atoms with Crippen LogP contribution >= 0.6 is 27.7 Å². The van der Waals surface area contributed by atoms with Gasteiger partial charge in [-0.05, 0) is 54.6 Å². The SMILES string of the molecule is Nn1c(SCC(=O)Nc2ccc(Br)cc2)nnc1-c1cc(-c2ccc(F)cc2)n[nH]1. The lowest BCUT2D eigenvalue weighted by atomic mass is 10.1. The van der Waals surface area contributed by atoms with Gasteiger partial charge in [0.15, 0.2) is 0 Å². The van der Waals surface area contributed by atoms with Crippen LogP contribution in [0.2, 0.25) is 0 Å². The maximum Gasteiger partial charge on any atom is 0.234 e. The summed E-state index contributed by atoms with van der Waals surface area (Å²) in [4.78, 5) is 12.2. The summed E-state index contributed by atoms with van der Waals surface area (Å²) in [5.41, 5.74) is 2.62. The largest absolute Gasteiger partial charge is 0.335 e. The molecule has 0 fully saturated rings. The van der Waals surface area contributed by atoms with Gasteiger partial charge >= 0.3 is 0 Å². The van der Waals surface area contributed by atoms with E-state index in [0.717, 1.165) is 21.8 Å². The summed E-state index contributed by atoms with van der Waals surface area (Å²) in [5, 5.41) is 18.4. The second-order valence-electron chi connectivity index (χ2n) is 6.19. The summed E-state index contributed by atoms with van der Waals surface area (Å²) >= 11 is 4.51. The van der Waals surface area contributed by atoms with Crippen LogP contribution in [-0.2, 0) is 4.79 Å². The monoisotopic (exact) mass is 487 g/mol. The predicted molar refractivity (Wildman–Crippen MR) is 117 cm³/mol. The van der Waals surface area contributed by atoms with E-state index < -0.39 is 0 Å². The second-order valence-corrected chi connectivity index (χ2v) is 8.05. The molecular formula is C19H15BrFN7OS. The Labute approximate surface area is 183 Å². The number of carbonyl (C=O) groups excluding carboxylic acids is 1.